The Labute approximate surface area is 174 Å². The molecule has 1 N–H and O–H groups in total. The van der Waals surface area contributed by atoms with Gasteiger partial charge in [0.15, 0.2) is 0 Å². The summed E-state index contributed by atoms with van der Waals surface area (Å²) in [5, 5.41) is 1.15. The van der Waals surface area contributed by atoms with Crippen LogP contribution in [-0.4, -0.2) is 22.0 Å². The van der Waals surface area contributed by atoms with Crippen LogP contribution in [0.5, 0.6) is 0 Å². The number of halogens is 1. The molecule has 0 spiro atoms. The summed E-state index contributed by atoms with van der Waals surface area (Å²) in [5.41, 5.74) is 0.236. The van der Waals surface area contributed by atoms with Crippen LogP contribution in [-0.2, 0) is 15.0 Å². The standard InChI is InChI=1S/C21H19FN2O3S2/c1-21(2)14-10-7-11(15(14)28-17-16(21)29-20(27)23-17)13-12(10)18(25)24(19(13)26)9-5-3-8(22)4-6-9/h3-6,10-15H,7H2,1-2H3,(H,23,27)/t10-,11-,12?,13?,14?,15?/m0/s1. The van der Waals surface area contributed by atoms with E-state index in [9.17, 15) is 18.8 Å². The number of amides is 2. The zero-order chi connectivity index (χ0) is 20.2. The number of H-pyrrole nitrogens is 1. The lowest BCUT2D eigenvalue weighted by Gasteiger charge is -2.47. The van der Waals surface area contributed by atoms with E-state index in [0.29, 0.717) is 5.69 Å². The summed E-state index contributed by atoms with van der Waals surface area (Å²) in [4.78, 5) is 43.9. The molecule has 6 rings (SSSR count). The third-order valence-electron chi connectivity index (χ3n) is 7.48. The minimum atomic E-state index is -0.391. The summed E-state index contributed by atoms with van der Waals surface area (Å²) >= 11 is 2.96. The smallest absolute Gasteiger partial charge is 0.305 e. The Kier molecular flexibility index (Phi) is 3.46. The maximum absolute atomic E-state index is 13.4. The average molecular weight is 431 g/mol. The summed E-state index contributed by atoms with van der Waals surface area (Å²) in [6, 6.07) is 5.57. The number of hydrogen-bond donors (Lipinski definition) is 1. The normalized spacial score (nSPS) is 36.3. The monoisotopic (exact) mass is 430 g/mol. The van der Waals surface area contributed by atoms with Gasteiger partial charge in [0.1, 0.15) is 5.82 Å². The molecule has 0 radical (unpaired) electrons. The molecule has 2 aliphatic carbocycles. The van der Waals surface area contributed by atoms with Crippen LogP contribution >= 0.6 is 23.1 Å². The molecule has 1 aromatic heterocycles. The summed E-state index contributed by atoms with van der Waals surface area (Å²) in [6.45, 7) is 4.34. The largest absolute Gasteiger partial charge is 0.307 e. The van der Waals surface area contributed by atoms with Gasteiger partial charge in [0.05, 0.1) is 22.5 Å². The van der Waals surface area contributed by atoms with Gasteiger partial charge in [0, 0.05) is 15.5 Å². The van der Waals surface area contributed by atoms with Gasteiger partial charge in [-0.25, -0.2) is 4.39 Å². The van der Waals surface area contributed by atoms with E-state index in [1.54, 1.807) is 11.8 Å². The molecular formula is C21H19FN2O3S2. The minimum absolute atomic E-state index is 0.0438. The molecule has 2 amide bonds. The van der Waals surface area contributed by atoms with E-state index in [4.69, 9.17) is 0 Å². The highest BCUT2D eigenvalue weighted by molar-refractivity contribution is 8.00. The van der Waals surface area contributed by atoms with Crippen LogP contribution in [0.1, 0.15) is 25.1 Å². The van der Waals surface area contributed by atoms with Crippen molar-refractivity contribution in [1.82, 2.24) is 4.98 Å². The van der Waals surface area contributed by atoms with Crippen molar-refractivity contribution in [3.8, 4) is 0 Å². The number of hydrogen-bond acceptors (Lipinski definition) is 5. The predicted octanol–water partition coefficient (Wildman–Crippen LogP) is 3.40. The number of fused-ring (bicyclic) bond motifs is 9. The van der Waals surface area contributed by atoms with Crippen molar-refractivity contribution in [3.05, 3.63) is 44.6 Å². The molecule has 6 atom stereocenters. The summed E-state index contributed by atoms with van der Waals surface area (Å²) < 4.78 is 13.3. The number of aromatic amines is 1. The van der Waals surface area contributed by atoms with Crippen LogP contribution in [0.2, 0.25) is 0 Å². The van der Waals surface area contributed by atoms with E-state index in [2.05, 4.69) is 18.8 Å². The van der Waals surface area contributed by atoms with Crippen molar-refractivity contribution < 1.29 is 14.0 Å². The molecular weight excluding hydrogens is 411 g/mol. The third-order valence-corrected chi connectivity index (χ3v) is 10.3. The van der Waals surface area contributed by atoms with Gasteiger partial charge in [-0.15, -0.1) is 11.8 Å². The molecule has 150 valence electrons. The Morgan fingerprint density at radius 2 is 1.72 bits per heavy atom. The van der Waals surface area contributed by atoms with Crippen molar-refractivity contribution in [2.24, 2.45) is 29.6 Å². The number of benzene rings is 1. The number of nitrogens with zero attached hydrogens (tertiary/aromatic N) is 1. The van der Waals surface area contributed by atoms with Crippen LogP contribution in [0.15, 0.2) is 34.1 Å². The molecule has 2 saturated carbocycles. The molecule has 2 bridgehead atoms. The van der Waals surface area contributed by atoms with Gasteiger partial charge < -0.3 is 4.98 Å². The van der Waals surface area contributed by atoms with Crippen molar-refractivity contribution >= 4 is 40.6 Å². The van der Waals surface area contributed by atoms with Crippen molar-refractivity contribution in [1.29, 1.82) is 0 Å². The zero-order valence-corrected chi connectivity index (χ0v) is 17.5. The Morgan fingerprint density at radius 1 is 1.07 bits per heavy atom. The van der Waals surface area contributed by atoms with E-state index in [1.807, 2.05) is 0 Å². The second-order valence-electron chi connectivity index (χ2n) is 9.11. The molecule has 4 unspecified atom stereocenters. The van der Waals surface area contributed by atoms with Crippen LogP contribution in [0, 0.1) is 35.4 Å². The number of rotatable bonds is 1. The van der Waals surface area contributed by atoms with E-state index < -0.39 is 5.82 Å². The lowest BCUT2D eigenvalue weighted by atomic mass is 9.64. The van der Waals surface area contributed by atoms with Gasteiger partial charge >= 0.3 is 4.87 Å². The number of aromatic nitrogens is 1. The molecule has 4 aliphatic rings. The SMILES string of the molecule is CC1(C)c2sc(=O)[nH]c2SC2C1[C@H]1C[C@H]2C2C(=O)N(c3ccc(F)cc3)C(=O)C21. The van der Waals surface area contributed by atoms with Gasteiger partial charge in [-0.3, -0.25) is 19.3 Å². The topological polar surface area (TPSA) is 70.2 Å². The molecule has 2 aliphatic heterocycles. The van der Waals surface area contributed by atoms with Gasteiger partial charge in [0.25, 0.3) is 0 Å². The average Bonchev–Trinajstić information content (AvgIpc) is 3.38. The second kappa shape index (κ2) is 5.60. The molecule has 1 aromatic carbocycles. The zero-order valence-electron chi connectivity index (χ0n) is 15.8. The minimum Gasteiger partial charge on any atom is -0.307 e. The fourth-order valence-electron chi connectivity index (χ4n) is 6.50. The number of thiazole rings is 1. The van der Waals surface area contributed by atoms with Gasteiger partial charge in [-0.05, 0) is 48.4 Å². The van der Waals surface area contributed by atoms with Crippen molar-refractivity contribution in [2.45, 2.75) is 36.0 Å². The highest BCUT2D eigenvalue weighted by atomic mass is 32.2. The first-order valence-corrected chi connectivity index (χ1v) is 11.5. The highest BCUT2D eigenvalue weighted by Crippen LogP contribution is 2.69. The Bertz CT molecular complexity index is 1120. The summed E-state index contributed by atoms with van der Waals surface area (Å²) in [6.07, 6.45) is 0.884. The highest BCUT2D eigenvalue weighted by Gasteiger charge is 2.70. The fourth-order valence-corrected chi connectivity index (χ4v) is 9.65. The van der Waals surface area contributed by atoms with Crippen LogP contribution < -0.4 is 9.77 Å². The number of nitrogens with one attached hydrogen (secondary N) is 1. The number of thioether (sulfide) groups is 1. The Hall–Kier alpha value is -1.93. The predicted molar refractivity (Wildman–Crippen MR) is 109 cm³/mol. The quantitative estimate of drug-likeness (QED) is 0.704. The van der Waals surface area contributed by atoms with Crippen molar-refractivity contribution in [2.75, 3.05) is 4.90 Å². The number of carbonyl (C=O) groups excluding carboxylic acids is 2. The van der Waals surface area contributed by atoms with Crippen LogP contribution in [0.3, 0.4) is 0 Å². The molecule has 1 saturated heterocycles. The number of imide groups is 1. The Balaban J connectivity index is 1.42. The summed E-state index contributed by atoms with van der Waals surface area (Å²) in [5.74, 6) is -0.806. The maximum Gasteiger partial charge on any atom is 0.305 e. The number of carbonyl (C=O) groups is 2. The Morgan fingerprint density at radius 3 is 2.41 bits per heavy atom. The van der Waals surface area contributed by atoms with Gasteiger partial charge in [-0.1, -0.05) is 25.2 Å². The van der Waals surface area contributed by atoms with Crippen LogP contribution in [0.25, 0.3) is 0 Å². The van der Waals surface area contributed by atoms with Crippen LogP contribution in [0.4, 0.5) is 10.1 Å². The first-order chi connectivity index (χ1) is 13.8. The molecule has 3 fully saturated rings. The lowest BCUT2D eigenvalue weighted by Crippen LogP contribution is -2.48. The second-order valence-corrected chi connectivity index (χ2v) is 11.3. The molecule has 2 aromatic rings. The van der Waals surface area contributed by atoms with E-state index >= 15 is 0 Å². The van der Waals surface area contributed by atoms with E-state index in [1.165, 1.54) is 40.5 Å². The van der Waals surface area contributed by atoms with Crippen molar-refractivity contribution in [3.63, 3.8) is 0 Å². The van der Waals surface area contributed by atoms with Gasteiger partial charge in [0.2, 0.25) is 11.8 Å². The first-order valence-electron chi connectivity index (χ1n) is 9.82. The molecule has 8 heteroatoms. The lowest BCUT2D eigenvalue weighted by molar-refractivity contribution is -0.123. The number of anilines is 1. The van der Waals surface area contributed by atoms with E-state index in [0.717, 1.165) is 16.3 Å². The molecule has 3 heterocycles. The summed E-state index contributed by atoms with van der Waals surface area (Å²) in [7, 11) is 0. The maximum atomic E-state index is 13.4. The van der Waals surface area contributed by atoms with Gasteiger partial charge in [-0.2, -0.15) is 0 Å². The molecule has 5 nitrogen and oxygen atoms in total. The molecule has 29 heavy (non-hydrogen) atoms. The van der Waals surface area contributed by atoms with E-state index in [-0.39, 0.29) is 56.9 Å². The first kappa shape index (κ1) is 17.9. The fraction of sp³-hybridized carbons (Fsp3) is 0.476. The third kappa shape index (κ3) is 2.14.